The van der Waals surface area contributed by atoms with E-state index in [9.17, 15) is 18.0 Å². The van der Waals surface area contributed by atoms with Crippen molar-refractivity contribution in [2.75, 3.05) is 24.5 Å². The zero-order valence-corrected chi connectivity index (χ0v) is 29.1. The monoisotopic (exact) mass is 715 g/mol. The first kappa shape index (κ1) is 36.1. The van der Waals surface area contributed by atoms with Gasteiger partial charge in [0.05, 0.1) is 22.7 Å². The summed E-state index contributed by atoms with van der Waals surface area (Å²) >= 11 is 19.6. The molecule has 0 saturated carbocycles. The molecule has 1 N–H and O–H groups in total. The maximum Gasteiger partial charge on any atom is 0.264 e. The van der Waals surface area contributed by atoms with Crippen molar-refractivity contribution in [3.63, 3.8) is 0 Å². The molecule has 0 saturated heterocycles. The maximum absolute atomic E-state index is 14.6. The summed E-state index contributed by atoms with van der Waals surface area (Å²) in [5, 5.41) is 3.71. The van der Waals surface area contributed by atoms with E-state index < -0.39 is 28.5 Å². The predicted molar refractivity (Wildman–Crippen MR) is 188 cm³/mol. The van der Waals surface area contributed by atoms with Crippen molar-refractivity contribution in [1.29, 1.82) is 0 Å². The van der Waals surface area contributed by atoms with E-state index in [0.29, 0.717) is 27.9 Å². The average molecular weight is 717 g/mol. The summed E-state index contributed by atoms with van der Waals surface area (Å²) in [6.45, 7) is 1.61. The van der Waals surface area contributed by atoms with Gasteiger partial charge in [-0.15, -0.1) is 0 Å². The lowest BCUT2D eigenvalue weighted by Crippen LogP contribution is -2.53. The van der Waals surface area contributed by atoms with Crippen molar-refractivity contribution in [2.45, 2.75) is 43.7 Å². The molecule has 1 unspecified atom stereocenters. The first-order chi connectivity index (χ1) is 22.6. The molecule has 4 aromatic rings. The summed E-state index contributed by atoms with van der Waals surface area (Å²) < 4.78 is 34.5. The van der Waals surface area contributed by atoms with Crippen molar-refractivity contribution in [2.24, 2.45) is 0 Å². The summed E-state index contributed by atoms with van der Waals surface area (Å²) in [5.74, 6) is -0.705. The van der Waals surface area contributed by atoms with Gasteiger partial charge < -0.3 is 15.0 Å². The number of anilines is 1. The first-order valence-corrected chi connectivity index (χ1v) is 17.6. The Hall–Kier alpha value is -3.76. The van der Waals surface area contributed by atoms with E-state index in [1.165, 1.54) is 42.3 Å². The van der Waals surface area contributed by atoms with E-state index in [1.807, 2.05) is 37.3 Å². The van der Waals surface area contributed by atoms with Crippen molar-refractivity contribution < 1.29 is 22.7 Å². The molecule has 1 atom stereocenters. The van der Waals surface area contributed by atoms with Crippen molar-refractivity contribution in [1.82, 2.24) is 10.2 Å². The fourth-order valence-corrected chi connectivity index (χ4v) is 7.17. The van der Waals surface area contributed by atoms with Crippen LogP contribution < -0.4 is 14.4 Å². The normalized spacial score (nSPS) is 11.9. The Morgan fingerprint density at radius 1 is 0.851 bits per heavy atom. The third-order valence-electron chi connectivity index (χ3n) is 7.52. The summed E-state index contributed by atoms with van der Waals surface area (Å²) in [5.41, 5.74) is 1.37. The molecule has 2 amide bonds. The van der Waals surface area contributed by atoms with E-state index in [1.54, 1.807) is 36.4 Å². The number of rotatable bonds is 15. The number of amides is 2. The minimum Gasteiger partial charge on any atom is -0.495 e. The van der Waals surface area contributed by atoms with Gasteiger partial charge in [-0.25, -0.2) is 8.42 Å². The van der Waals surface area contributed by atoms with Gasteiger partial charge in [0.25, 0.3) is 10.0 Å². The largest absolute Gasteiger partial charge is 0.495 e. The maximum atomic E-state index is 14.6. The van der Waals surface area contributed by atoms with Gasteiger partial charge >= 0.3 is 0 Å². The van der Waals surface area contributed by atoms with Gasteiger partial charge in [0.2, 0.25) is 11.8 Å². The van der Waals surface area contributed by atoms with E-state index in [4.69, 9.17) is 39.5 Å². The topological polar surface area (TPSA) is 96.0 Å². The van der Waals surface area contributed by atoms with Crippen LogP contribution in [0.3, 0.4) is 0 Å². The molecule has 0 aliphatic rings. The first-order valence-electron chi connectivity index (χ1n) is 15.0. The van der Waals surface area contributed by atoms with E-state index in [0.717, 1.165) is 22.7 Å². The third-order valence-corrected chi connectivity index (χ3v) is 10.3. The summed E-state index contributed by atoms with van der Waals surface area (Å²) in [6.07, 6.45) is 1.76. The zero-order chi connectivity index (χ0) is 34.0. The van der Waals surface area contributed by atoms with Crippen molar-refractivity contribution in [3.05, 3.63) is 123 Å². The van der Waals surface area contributed by atoms with Gasteiger partial charge in [-0.2, -0.15) is 0 Å². The zero-order valence-electron chi connectivity index (χ0n) is 26.0. The minimum absolute atomic E-state index is 0.0291. The number of nitrogens with zero attached hydrogens (tertiary/aromatic N) is 2. The molecular weight excluding hydrogens is 681 g/mol. The smallest absolute Gasteiger partial charge is 0.264 e. The summed E-state index contributed by atoms with van der Waals surface area (Å²) in [4.78, 5) is 29.8. The van der Waals surface area contributed by atoms with Crippen LogP contribution in [0.15, 0.2) is 102 Å². The number of sulfonamides is 1. The standard InChI is InChI=1S/C35H36Cl3N3O5S/c1-3-4-20-39-35(43)32(21-25-12-7-5-8-13-25)40(23-28-29(36)16-11-17-30(28)37)34(42)24-41(26-18-19-33(46-2)31(38)22-26)47(44,45)27-14-9-6-10-15-27/h5-19,22,32H,3-4,20-21,23-24H2,1-2H3,(H,39,43). The molecule has 0 aromatic heterocycles. The fraction of sp³-hybridized carbons (Fsp3) is 0.257. The minimum atomic E-state index is -4.30. The van der Waals surface area contributed by atoms with Gasteiger partial charge in [-0.05, 0) is 54.4 Å². The number of ether oxygens (including phenoxy) is 1. The quantitative estimate of drug-likeness (QED) is 0.129. The molecule has 4 rings (SSSR count). The number of carbonyl (C=O) groups excluding carboxylic acids is 2. The summed E-state index contributed by atoms with van der Waals surface area (Å²) in [7, 11) is -2.85. The lowest BCUT2D eigenvalue weighted by Gasteiger charge is -2.34. The SMILES string of the molecule is CCCCNC(=O)C(Cc1ccccc1)N(Cc1c(Cl)cccc1Cl)C(=O)CN(c1ccc(OC)c(Cl)c1)S(=O)(=O)c1ccccc1. The number of nitrogens with one attached hydrogen (secondary N) is 1. The molecule has 0 radical (unpaired) electrons. The number of hydrogen-bond donors (Lipinski definition) is 1. The number of benzene rings is 4. The van der Waals surface area contributed by atoms with Crippen LogP contribution in [0, 0.1) is 0 Å². The van der Waals surface area contributed by atoms with Crippen LogP contribution in [-0.2, 0) is 32.6 Å². The Balaban J connectivity index is 1.84. The van der Waals surface area contributed by atoms with Crippen molar-refractivity contribution in [3.8, 4) is 5.75 Å². The Bertz CT molecular complexity index is 1760. The second-order valence-corrected chi connectivity index (χ2v) is 13.8. The molecule has 8 nitrogen and oxygen atoms in total. The highest BCUT2D eigenvalue weighted by atomic mass is 35.5. The molecule has 0 spiro atoms. The van der Waals surface area contributed by atoms with Crippen LogP contribution in [0.2, 0.25) is 15.1 Å². The van der Waals surface area contributed by atoms with E-state index >= 15 is 0 Å². The Labute approximate surface area is 291 Å². The van der Waals surface area contributed by atoms with Gasteiger partial charge in [-0.1, -0.05) is 103 Å². The van der Waals surface area contributed by atoms with E-state index in [-0.39, 0.29) is 34.5 Å². The van der Waals surface area contributed by atoms with Crippen LogP contribution in [0.25, 0.3) is 0 Å². The third kappa shape index (κ3) is 9.20. The highest BCUT2D eigenvalue weighted by Crippen LogP contribution is 2.33. The molecule has 0 aliphatic carbocycles. The van der Waals surface area contributed by atoms with Gasteiger partial charge in [-0.3, -0.25) is 13.9 Å². The Kier molecular flexibility index (Phi) is 13.0. The molecule has 0 fully saturated rings. The number of halogens is 3. The van der Waals surface area contributed by atoms with Crippen LogP contribution in [0.5, 0.6) is 5.75 Å². The molecule has 0 heterocycles. The fourth-order valence-electron chi connectivity index (χ4n) is 4.97. The number of carbonyl (C=O) groups is 2. The number of methoxy groups -OCH3 is 1. The van der Waals surface area contributed by atoms with Crippen LogP contribution >= 0.6 is 34.8 Å². The molecule has 0 bridgehead atoms. The van der Waals surface area contributed by atoms with E-state index in [2.05, 4.69) is 5.32 Å². The Morgan fingerprint density at radius 3 is 2.09 bits per heavy atom. The van der Waals surface area contributed by atoms with Crippen LogP contribution in [-0.4, -0.2) is 51.4 Å². The van der Waals surface area contributed by atoms with Crippen LogP contribution in [0.4, 0.5) is 5.69 Å². The highest BCUT2D eigenvalue weighted by Gasteiger charge is 2.35. The average Bonchev–Trinajstić information content (AvgIpc) is 3.07. The molecular formula is C35H36Cl3N3O5S. The van der Waals surface area contributed by atoms with Crippen LogP contribution in [0.1, 0.15) is 30.9 Å². The van der Waals surface area contributed by atoms with Crippen molar-refractivity contribution >= 4 is 62.3 Å². The number of hydrogen-bond acceptors (Lipinski definition) is 5. The molecule has 12 heteroatoms. The lowest BCUT2D eigenvalue weighted by molar-refractivity contribution is -0.140. The van der Waals surface area contributed by atoms with Gasteiger partial charge in [0.1, 0.15) is 18.3 Å². The molecule has 4 aromatic carbocycles. The molecule has 47 heavy (non-hydrogen) atoms. The second kappa shape index (κ2) is 16.9. The Morgan fingerprint density at radius 2 is 1.49 bits per heavy atom. The van der Waals surface area contributed by atoms with Gasteiger partial charge in [0.15, 0.2) is 0 Å². The second-order valence-electron chi connectivity index (χ2n) is 10.7. The predicted octanol–water partition coefficient (Wildman–Crippen LogP) is 7.41. The molecule has 0 aliphatic heterocycles. The van der Waals surface area contributed by atoms with Gasteiger partial charge in [0, 0.05) is 35.1 Å². The molecule has 248 valence electrons. The number of unbranched alkanes of at least 4 members (excludes halogenated alkanes) is 1. The summed E-state index contributed by atoms with van der Waals surface area (Å²) in [6, 6.07) is 25.4. The highest BCUT2D eigenvalue weighted by molar-refractivity contribution is 7.92. The lowest BCUT2D eigenvalue weighted by atomic mass is 10.0.